The van der Waals surface area contributed by atoms with Gasteiger partial charge in [0.15, 0.2) is 11.6 Å². The van der Waals surface area contributed by atoms with Gasteiger partial charge < -0.3 is 5.11 Å². The van der Waals surface area contributed by atoms with E-state index in [0.717, 1.165) is 10.4 Å². The van der Waals surface area contributed by atoms with Gasteiger partial charge in [0, 0.05) is 5.56 Å². The fraction of sp³-hybridized carbons (Fsp3) is 0. The van der Waals surface area contributed by atoms with Crippen LogP contribution in [0.1, 0.15) is 10.4 Å². The van der Waals surface area contributed by atoms with Gasteiger partial charge in [0.1, 0.15) is 0 Å². The van der Waals surface area contributed by atoms with E-state index >= 15 is 0 Å². The summed E-state index contributed by atoms with van der Waals surface area (Å²) in [6.07, 6.45) is 0. The van der Waals surface area contributed by atoms with Crippen LogP contribution in [0.25, 0.3) is 22.1 Å². The van der Waals surface area contributed by atoms with Crippen LogP contribution >= 0.6 is 11.3 Å². The second-order valence-corrected chi connectivity index (χ2v) is 4.82. The summed E-state index contributed by atoms with van der Waals surface area (Å²) in [5.74, 6) is 0.327. The van der Waals surface area contributed by atoms with Crippen LogP contribution in [-0.4, -0.2) is 26.3 Å². The summed E-state index contributed by atoms with van der Waals surface area (Å²) in [5.41, 5.74) is 1.03. The molecular weight excluding hydrogens is 262 g/mol. The van der Waals surface area contributed by atoms with Crippen molar-refractivity contribution >= 4 is 17.3 Å². The number of thiophene rings is 1. The highest BCUT2D eigenvalue weighted by molar-refractivity contribution is 7.13. The Bertz CT molecular complexity index is 702. The van der Waals surface area contributed by atoms with Gasteiger partial charge in [-0.15, -0.1) is 11.3 Å². The van der Waals surface area contributed by atoms with E-state index in [0.29, 0.717) is 11.6 Å². The average molecular weight is 271 g/mol. The average Bonchev–Trinajstić information content (AvgIpc) is 3.10. The zero-order valence-electron chi connectivity index (χ0n) is 9.70. The highest BCUT2D eigenvalue weighted by Crippen LogP contribution is 2.23. The van der Waals surface area contributed by atoms with Crippen LogP contribution in [0.5, 0.6) is 0 Å². The molecule has 0 bridgehead atoms. The van der Waals surface area contributed by atoms with Crippen molar-refractivity contribution in [2.24, 2.45) is 0 Å². The Balaban J connectivity index is 1.92. The maximum absolute atomic E-state index is 10.8. The number of aromatic carboxylic acids is 1. The van der Waals surface area contributed by atoms with Gasteiger partial charge >= 0.3 is 5.97 Å². The first kappa shape index (κ1) is 11.6. The molecule has 2 N–H and O–H groups in total. The van der Waals surface area contributed by atoms with E-state index in [1.807, 2.05) is 17.5 Å². The molecule has 2 heterocycles. The lowest BCUT2D eigenvalue weighted by atomic mass is 10.1. The second kappa shape index (κ2) is 4.66. The Morgan fingerprint density at radius 1 is 1.21 bits per heavy atom. The maximum Gasteiger partial charge on any atom is 0.335 e. The van der Waals surface area contributed by atoms with Crippen LogP contribution in [0.3, 0.4) is 0 Å². The van der Waals surface area contributed by atoms with Gasteiger partial charge in [-0.1, -0.05) is 18.2 Å². The van der Waals surface area contributed by atoms with Crippen molar-refractivity contribution in [1.82, 2.24) is 15.2 Å². The van der Waals surface area contributed by atoms with Gasteiger partial charge in [-0.3, -0.25) is 5.10 Å². The van der Waals surface area contributed by atoms with E-state index in [9.17, 15) is 4.79 Å². The zero-order chi connectivity index (χ0) is 13.2. The molecule has 19 heavy (non-hydrogen) atoms. The summed E-state index contributed by atoms with van der Waals surface area (Å²) in [6.45, 7) is 0. The smallest absolute Gasteiger partial charge is 0.335 e. The molecule has 5 nitrogen and oxygen atoms in total. The molecule has 3 rings (SSSR count). The number of carboxylic acids is 1. The van der Waals surface area contributed by atoms with E-state index in [4.69, 9.17) is 5.11 Å². The standard InChI is InChI=1S/C13H9N3O2S/c17-13(18)9-5-3-8(4-6-9)11-14-12(16-15-11)10-2-1-7-19-10/h1-7H,(H,17,18)(H,14,15,16). The van der Waals surface area contributed by atoms with E-state index in [2.05, 4.69) is 15.2 Å². The third-order valence-corrected chi connectivity index (χ3v) is 3.51. The van der Waals surface area contributed by atoms with Gasteiger partial charge in [0.2, 0.25) is 0 Å². The van der Waals surface area contributed by atoms with Crippen LogP contribution in [0.2, 0.25) is 0 Å². The minimum absolute atomic E-state index is 0.248. The molecule has 0 atom stereocenters. The maximum atomic E-state index is 10.8. The van der Waals surface area contributed by atoms with Crippen LogP contribution in [0.4, 0.5) is 0 Å². The minimum atomic E-state index is -0.944. The van der Waals surface area contributed by atoms with Crippen molar-refractivity contribution in [3.63, 3.8) is 0 Å². The van der Waals surface area contributed by atoms with Crippen molar-refractivity contribution in [1.29, 1.82) is 0 Å². The summed E-state index contributed by atoms with van der Waals surface area (Å²) in [4.78, 5) is 16.2. The number of carboxylic acid groups (broad SMARTS) is 1. The Kier molecular flexibility index (Phi) is 2.85. The predicted molar refractivity (Wildman–Crippen MR) is 72.1 cm³/mol. The molecule has 0 aliphatic rings. The summed E-state index contributed by atoms with van der Waals surface area (Å²) >= 11 is 1.58. The monoisotopic (exact) mass is 271 g/mol. The number of nitrogens with one attached hydrogen (secondary N) is 1. The first-order chi connectivity index (χ1) is 9.24. The number of nitrogens with zero attached hydrogens (tertiary/aromatic N) is 2. The van der Waals surface area contributed by atoms with Crippen molar-refractivity contribution in [2.75, 3.05) is 0 Å². The van der Waals surface area contributed by atoms with Crippen LogP contribution in [0, 0.1) is 0 Å². The summed E-state index contributed by atoms with van der Waals surface area (Å²) in [7, 11) is 0. The van der Waals surface area contributed by atoms with Crippen molar-refractivity contribution in [3.05, 3.63) is 47.3 Å². The third kappa shape index (κ3) is 2.25. The number of hydrogen-bond donors (Lipinski definition) is 2. The SMILES string of the molecule is O=C(O)c1ccc(-c2n[nH]c(-c3cccs3)n2)cc1. The topological polar surface area (TPSA) is 78.9 Å². The van der Waals surface area contributed by atoms with Crippen LogP contribution < -0.4 is 0 Å². The molecule has 0 saturated carbocycles. The van der Waals surface area contributed by atoms with Crippen molar-refractivity contribution < 1.29 is 9.90 Å². The molecule has 94 valence electrons. The number of rotatable bonds is 3. The number of benzene rings is 1. The highest BCUT2D eigenvalue weighted by Gasteiger charge is 2.09. The van der Waals surface area contributed by atoms with E-state index < -0.39 is 5.97 Å². The Morgan fingerprint density at radius 2 is 2.00 bits per heavy atom. The molecule has 0 radical (unpaired) electrons. The first-order valence-corrected chi connectivity index (χ1v) is 6.42. The van der Waals surface area contributed by atoms with E-state index in [-0.39, 0.29) is 5.56 Å². The molecule has 0 saturated heterocycles. The lowest BCUT2D eigenvalue weighted by molar-refractivity contribution is 0.0697. The molecule has 1 aromatic carbocycles. The van der Waals surface area contributed by atoms with Gasteiger partial charge in [-0.25, -0.2) is 9.78 Å². The zero-order valence-corrected chi connectivity index (χ0v) is 10.5. The number of aromatic amines is 1. The fourth-order valence-corrected chi connectivity index (χ4v) is 2.34. The highest BCUT2D eigenvalue weighted by atomic mass is 32.1. The van der Waals surface area contributed by atoms with Crippen molar-refractivity contribution in [3.8, 4) is 22.1 Å². The molecule has 0 aliphatic carbocycles. The third-order valence-electron chi connectivity index (χ3n) is 2.63. The van der Waals surface area contributed by atoms with E-state index in [1.165, 1.54) is 0 Å². The minimum Gasteiger partial charge on any atom is -0.478 e. The quantitative estimate of drug-likeness (QED) is 0.767. The number of H-pyrrole nitrogens is 1. The van der Waals surface area contributed by atoms with Gasteiger partial charge in [-0.05, 0) is 23.6 Å². The van der Waals surface area contributed by atoms with Crippen molar-refractivity contribution in [2.45, 2.75) is 0 Å². The van der Waals surface area contributed by atoms with Gasteiger partial charge in [0.25, 0.3) is 0 Å². The summed E-state index contributed by atoms with van der Waals surface area (Å²) < 4.78 is 0. The van der Waals surface area contributed by atoms with E-state index in [1.54, 1.807) is 35.6 Å². The lowest BCUT2D eigenvalue weighted by Gasteiger charge is -1.96. The molecule has 0 spiro atoms. The van der Waals surface area contributed by atoms with Gasteiger partial charge in [-0.2, -0.15) is 5.10 Å². The molecule has 0 aliphatic heterocycles. The largest absolute Gasteiger partial charge is 0.478 e. The van der Waals surface area contributed by atoms with Gasteiger partial charge in [0.05, 0.1) is 10.4 Å². The Hall–Kier alpha value is -2.47. The second-order valence-electron chi connectivity index (χ2n) is 3.87. The fourth-order valence-electron chi connectivity index (χ4n) is 1.68. The Morgan fingerprint density at radius 3 is 2.63 bits per heavy atom. The number of hydrogen-bond acceptors (Lipinski definition) is 4. The Labute approximate surface area is 112 Å². The normalized spacial score (nSPS) is 10.5. The summed E-state index contributed by atoms with van der Waals surface area (Å²) in [5, 5.41) is 17.8. The number of aromatic nitrogens is 3. The van der Waals surface area contributed by atoms with Crippen LogP contribution in [0.15, 0.2) is 41.8 Å². The predicted octanol–water partition coefficient (Wildman–Crippen LogP) is 2.90. The molecular formula is C13H9N3O2S. The first-order valence-electron chi connectivity index (χ1n) is 5.54. The molecule has 3 aromatic rings. The molecule has 2 aromatic heterocycles. The number of carbonyl (C=O) groups is 1. The lowest BCUT2D eigenvalue weighted by Crippen LogP contribution is -1.95. The molecule has 6 heteroatoms. The molecule has 0 fully saturated rings. The summed E-state index contributed by atoms with van der Waals surface area (Å²) in [6, 6.07) is 10.4. The van der Waals surface area contributed by atoms with Crippen LogP contribution in [-0.2, 0) is 0 Å². The molecule has 0 amide bonds. The molecule has 0 unspecified atom stereocenters.